The Morgan fingerprint density at radius 3 is 2.31 bits per heavy atom. The van der Waals surface area contributed by atoms with Gasteiger partial charge in [0.2, 0.25) is 0 Å². The van der Waals surface area contributed by atoms with Crippen molar-refractivity contribution in [1.29, 1.82) is 0 Å². The maximum absolute atomic E-state index is 12.8. The molecule has 136 valence electrons. The molecule has 2 aliphatic rings. The Hall–Kier alpha value is -2.33. The normalized spacial score (nSPS) is 20.5. The van der Waals surface area contributed by atoms with Crippen LogP contribution >= 0.6 is 0 Å². The second-order valence-electron chi connectivity index (χ2n) is 7.37. The number of amides is 2. The summed E-state index contributed by atoms with van der Waals surface area (Å²) in [5.41, 5.74) is 3.22. The van der Waals surface area contributed by atoms with E-state index in [-0.39, 0.29) is 6.03 Å². The van der Waals surface area contributed by atoms with Gasteiger partial charge in [-0.05, 0) is 62.0 Å². The van der Waals surface area contributed by atoms with Crippen molar-refractivity contribution in [3.8, 4) is 11.1 Å². The number of rotatable bonds is 4. The largest absolute Gasteiger partial charge is 0.322 e. The topological polar surface area (TPSA) is 35.6 Å². The van der Waals surface area contributed by atoms with E-state index in [0.29, 0.717) is 6.04 Å². The third-order valence-corrected chi connectivity index (χ3v) is 5.55. The molecule has 2 aromatic carbocycles. The summed E-state index contributed by atoms with van der Waals surface area (Å²) in [7, 11) is 0. The zero-order valence-corrected chi connectivity index (χ0v) is 15.2. The van der Waals surface area contributed by atoms with Crippen LogP contribution in [0.1, 0.15) is 25.7 Å². The van der Waals surface area contributed by atoms with Crippen LogP contribution < -0.4 is 5.32 Å². The number of hydrogen-bond donors (Lipinski definition) is 1. The number of urea groups is 1. The molecule has 4 rings (SSSR count). The number of carbonyl (C=O) groups is 1. The minimum atomic E-state index is 0.0409. The highest BCUT2D eigenvalue weighted by Gasteiger charge is 2.30. The molecule has 0 bridgehead atoms. The predicted octanol–water partition coefficient (Wildman–Crippen LogP) is 4.45. The third kappa shape index (κ3) is 3.91. The van der Waals surface area contributed by atoms with E-state index in [1.54, 1.807) is 0 Å². The standard InChI is InChI=1S/C22H27N3O/c26-22(25-16-6-9-21(25)17-24-14-4-5-15-24)23-20-12-10-19(11-13-20)18-7-2-1-3-8-18/h1-3,7-8,10-13,21H,4-6,9,14-17H2,(H,23,26)/t21-/m0/s1. The van der Waals surface area contributed by atoms with Crippen molar-refractivity contribution in [2.45, 2.75) is 31.7 Å². The van der Waals surface area contributed by atoms with Crippen molar-refractivity contribution < 1.29 is 4.79 Å². The summed E-state index contributed by atoms with van der Waals surface area (Å²) in [6.45, 7) is 4.27. The quantitative estimate of drug-likeness (QED) is 0.885. The summed E-state index contributed by atoms with van der Waals surface area (Å²) < 4.78 is 0. The zero-order chi connectivity index (χ0) is 17.8. The Morgan fingerprint density at radius 2 is 1.58 bits per heavy atom. The molecule has 2 aromatic rings. The average Bonchev–Trinajstić information content (AvgIpc) is 3.35. The first-order valence-corrected chi connectivity index (χ1v) is 9.75. The molecule has 4 heteroatoms. The lowest BCUT2D eigenvalue weighted by Crippen LogP contribution is -2.44. The number of carbonyl (C=O) groups excluding carboxylic acids is 1. The van der Waals surface area contributed by atoms with Gasteiger partial charge in [0, 0.05) is 24.8 Å². The molecular weight excluding hydrogens is 322 g/mol. The summed E-state index contributed by atoms with van der Waals surface area (Å²) in [6, 6.07) is 18.8. The lowest BCUT2D eigenvalue weighted by Gasteiger charge is -2.28. The fraction of sp³-hybridized carbons (Fsp3) is 0.409. The van der Waals surface area contributed by atoms with Gasteiger partial charge in [0.05, 0.1) is 0 Å². The van der Waals surface area contributed by atoms with Crippen LogP contribution in [0.2, 0.25) is 0 Å². The van der Waals surface area contributed by atoms with Gasteiger partial charge in [-0.25, -0.2) is 4.79 Å². The number of nitrogens with zero attached hydrogens (tertiary/aromatic N) is 2. The fourth-order valence-corrected chi connectivity index (χ4v) is 4.13. The van der Waals surface area contributed by atoms with E-state index in [4.69, 9.17) is 0 Å². The minimum absolute atomic E-state index is 0.0409. The summed E-state index contributed by atoms with van der Waals surface area (Å²) in [5, 5.41) is 3.09. The maximum Gasteiger partial charge on any atom is 0.322 e. The molecule has 0 radical (unpaired) electrons. The van der Waals surface area contributed by atoms with Crippen LogP contribution in [0.5, 0.6) is 0 Å². The Morgan fingerprint density at radius 1 is 0.885 bits per heavy atom. The van der Waals surface area contributed by atoms with Gasteiger partial charge in [-0.15, -0.1) is 0 Å². The first-order chi connectivity index (χ1) is 12.8. The SMILES string of the molecule is O=C(Nc1ccc(-c2ccccc2)cc1)N1CCC[C@H]1CN1CCCC1. The fourth-order valence-electron chi connectivity index (χ4n) is 4.13. The van der Waals surface area contributed by atoms with Gasteiger partial charge in [-0.2, -0.15) is 0 Å². The second kappa shape index (κ2) is 7.92. The lowest BCUT2D eigenvalue weighted by atomic mass is 10.1. The van der Waals surface area contributed by atoms with Crippen molar-refractivity contribution in [3.63, 3.8) is 0 Å². The lowest BCUT2D eigenvalue weighted by molar-refractivity contribution is 0.186. The number of hydrogen-bond acceptors (Lipinski definition) is 2. The molecule has 0 aromatic heterocycles. The van der Waals surface area contributed by atoms with E-state index in [9.17, 15) is 4.79 Å². The summed E-state index contributed by atoms with van der Waals surface area (Å²) in [5.74, 6) is 0. The van der Waals surface area contributed by atoms with Crippen LogP contribution in [0, 0.1) is 0 Å². The Labute approximate surface area is 155 Å². The van der Waals surface area contributed by atoms with Crippen LogP contribution in [0.25, 0.3) is 11.1 Å². The first-order valence-electron chi connectivity index (χ1n) is 9.75. The zero-order valence-electron chi connectivity index (χ0n) is 15.2. The van der Waals surface area contributed by atoms with E-state index in [1.807, 2.05) is 35.2 Å². The molecular formula is C22H27N3O. The van der Waals surface area contributed by atoms with Gasteiger partial charge < -0.3 is 15.1 Å². The van der Waals surface area contributed by atoms with E-state index < -0.39 is 0 Å². The smallest absolute Gasteiger partial charge is 0.320 e. The van der Waals surface area contributed by atoms with E-state index in [2.05, 4.69) is 34.5 Å². The molecule has 0 saturated carbocycles. The predicted molar refractivity (Wildman–Crippen MR) is 106 cm³/mol. The summed E-state index contributed by atoms with van der Waals surface area (Å²) in [4.78, 5) is 17.3. The monoisotopic (exact) mass is 349 g/mol. The molecule has 1 atom stereocenters. The Kier molecular flexibility index (Phi) is 5.21. The molecule has 0 spiro atoms. The minimum Gasteiger partial charge on any atom is -0.320 e. The first kappa shape index (κ1) is 17.1. The van der Waals surface area contributed by atoms with Crippen molar-refractivity contribution in [2.75, 3.05) is 31.5 Å². The Bertz CT molecular complexity index is 723. The van der Waals surface area contributed by atoms with Gasteiger partial charge in [0.25, 0.3) is 0 Å². The van der Waals surface area contributed by atoms with Crippen molar-refractivity contribution >= 4 is 11.7 Å². The van der Waals surface area contributed by atoms with Gasteiger partial charge >= 0.3 is 6.03 Å². The van der Waals surface area contributed by atoms with Crippen molar-refractivity contribution in [2.24, 2.45) is 0 Å². The van der Waals surface area contributed by atoms with Crippen LogP contribution in [0.3, 0.4) is 0 Å². The van der Waals surface area contributed by atoms with Crippen LogP contribution in [0.15, 0.2) is 54.6 Å². The van der Waals surface area contributed by atoms with E-state index in [1.165, 1.54) is 31.5 Å². The van der Waals surface area contributed by atoms with Crippen molar-refractivity contribution in [3.05, 3.63) is 54.6 Å². The number of nitrogens with one attached hydrogen (secondary N) is 1. The molecule has 2 amide bonds. The number of anilines is 1. The van der Waals surface area contributed by atoms with Gasteiger partial charge in [-0.3, -0.25) is 0 Å². The highest BCUT2D eigenvalue weighted by Crippen LogP contribution is 2.24. The van der Waals surface area contributed by atoms with Crippen LogP contribution in [-0.4, -0.2) is 48.1 Å². The molecule has 4 nitrogen and oxygen atoms in total. The van der Waals surface area contributed by atoms with Gasteiger partial charge in [-0.1, -0.05) is 42.5 Å². The highest BCUT2D eigenvalue weighted by atomic mass is 16.2. The summed E-state index contributed by atoms with van der Waals surface area (Å²) in [6.07, 6.45) is 4.83. The number of likely N-dealkylation sites (tertiary alicyclic amines) is 2. The molecule has 2 fully saturated rings. The second-order valence-corrected chi connectivity index (χ2v) is 7.37. The average molecular weight is 349 g/mol. The molecule has 0 unspecified atom stereocenters. The van der Waals surface area contributed by atoms with Crippen LogP contribution in [0.4, 0.5) is 10.5 Å². The molecule has 2 saturated heterocycles. The molecule has 2 aliphatic heterocycles. The highest BCUT2D eigenvalue weighted by molar-refractivity contribution is 5.90. The Balaban J connectivity index is 1.37. The third-order valence-electron chi connectivity index (χ3n) is 5.55. The maximum atomic E-state index is 12.8. The molecule has 1 N–H and O–H groups in total. The molecule has 0 aliphatic carbocycles. The van der Waals surface area contributed by atoms with Gasteiger partial charge in [0.15, 0.2) is 0 Å². The summed E-state index contributed by atoms with van der Waals surface area (Å²) >= 11 is 0. The van der Waals surface area contributed by atoms with E-state index in [0.717, 1.165) is 37.2 Å². The van der Waals surface area contributed by atoms with Crippen LogP contribution in [-0.2, 0) is 0 Å². The number of benzene rings is 2. The molecule has 2 heterocycles. The van der Waals surface area contributed by atoms with Crippen molar-refractivity contribution in [1.82, 2.24) is 9.80 Å². The van der Waals surface area contributed by atoms with Gasteiger partial charge in [0.1, 0.15) is 0 Å². The van der Waals surface area contributed by atoms with E-state index >= 15 is 0 Å². The molecule has 26 heavy (non-hydrogen) atoms.